The Morgan fingerprint density at radius 2 is 1.94 bits per heavy atom. The largest absolute Gasteiger partial charge is 0.334 e. The third-order valence-corrected chi connectivity index (χ3v) is 3.27. The first-order valence-electron chi connectivity index (χ1n) is 4.67. The van der Waals surface area contributed by atoms with Crippen LogP contribution in [0.1, 0.15) is 5.56 Å². The van der Waals surface area contributed by atoms with E-state index >= 15 is 0 Å². The molecule has 0 atom stereocenters. The Bertz CT molecular complexity index is 559. The molecule has 2 N–H and O–H groups in total. The number of aromatic amines is 1. The fraction of sp³-hybridized carbons (Fsp3) is 0.100. The van der Waals surface area contributed by atoms with Gasteiger partial charge in [-0.25, -0.2) is 4.98 Å². The second kappa shape index (κ2) is 3.97. The molecule has 6 heteroatoms. The normalized spacial score (nSPS) is 11.3. The second-order valence-electron chi connectivity index (χ2n) is 3.37. The Morgan fingerprint density at radius 1 is 1.25 bits per heavy atom. The molecule has 1 aromatic carbocycles. The highest BCUT2D eigenvalue weighted by molar-refractivity contribution is 7.92. The van der Waals surface area contributed by atoms with Gasteiger partial charge in [0.15, 0.2) is 0 Å². The van der Waals surface area contributed by atoms with Crippen molar-refractivity contribution in [2.24, 2.45) is 0 Å². The van der Waals surface area contributed by atoms with Gasteiger partial charge in [0.1, 0.15) is 0 Å². The van der Waals surface area contributed by atoms with Gasteiger partial charge in [-0.15, -0.1) is 0 Å². The van der Waals surface area contributed by atoms with Crippen LogP contribution in [0, 0.1) is 6.92 Å². The average Bonchev–Trinajstić information content (AvgIpc) is 2.75. The van der Waals surface area contributed by atoms with Crippen LogP contribution in [0.15, 0.2) is 41.8 Å². The van der Waals surface area contributed by atoms with Gasteiger partial charge in [-0.2, -0.15) is 8.42 Å². The molecule has 0 spiro atoms. The summed E-state index contributed by atoms with van der Waals surface area (Å²) in [6.07, 6.45) is 2.85. The third kappa shape index (κ3) is 2.22. The molecule has 84 valence electrons. The summed E-state index contributed by atoms with van der Waals surface area (Å²) in [5, 5.41) is -0.0897. The number of H-pyrrole nitrogens is 1. The molecular formula is C10H11N3O2S. The molecule has 0 aliphatic carbocycles. The van der Waals surface area contributed by atoms with Crippen LogP contribution in [-0.4, -0.2) is 18.4 Å². The summed E-state index contributed by atoms with van der Waals surface area (Å²) >= 11 is 0. The predicted molar refractivity (Wildman–Crippen MR) is 60.6 cm³/mol. The van der Waals surface area contributed by atoms with Gasteiger partial charge < -0.3 is 4.98 Å². The van der Waals surface area contributed by atoms with E-state index < -0.39 is 10.0 Å². The standard InChI is InChI=1S/C10H11N3O2S/c1-8-2-4-9(5-3-8)13-16(14,15)10-11-6-7-12-10/h2-7,13H,1H3,(H,11,12). The van der Waals surface area contributed by atoms with E-state index in [4.69, 9.17) is 0 Å². The number of rotatable bonds is 3. The lowest BCUT2D eigenvalue weighted by Gasteiger charge is -2.05. The van der Waals surface area contributed by atoms with Crippen molar-refractivity contribution in [3.05, 3.63) is 42.2 Å². The molecule has 0 aliphatic heterocycles. The predicted octanol–water partition coefficient (Wildman–Crippen LogP) is 1.52. The highest BCUT2D eigenvalue weighted by atomic mass is 32.2. The summed E-state index contributed by atoms with van der Waals surface area (Å²) in [6, 6.07) is 7.08. The summed E-state index contributed by atoms with van der Waals surface area (Å²) < 4.78 is 25.9. The maximum atomic E-state index is 11.7. The Balaban J connectivity index is 2.25. The van der Waals surface area contributed by atoms with E-state index in [0.717, 1.165) is 5.56 Å². The first kappa shape index (κ1) is 10.7. The monoisotopic (exact) mass is 237 g/mol. The molecule has 0 saturated carbocycles. The van der Waals surface area contributed by atoms with Crippen LogP contribution in [0.2, 0.25) is 0 Å². The number of anilines is 1. The number of imidazole rings is 1. The van der Waals surface area contributed by atoms with Crippen LogP contribution in [0.4, 0.5) is 5.69 Å². The van der Waals surface area contributed by atoms with Crippen molar-refractivity contribution in [2.45, 2.75) is 12.1 Å². The van der Waals surface area contributed by atoms with Gasteiger partial charge in [0.25, 0.3) is 10.0 Å². The smallest absolute Gasteiger partial charge is 0.295 e. The SMILES string of the molecule is Cc1ccc(NS(=O)(=O)c2ncc[nH]2)cc1. The van der Waals surface area contributed by atoms with Gasteiger partial charge in [-0.1, -0.05) is 17.7 Å². The zero-order valence-corrected chi connectivity index (χ0v) is 9.45. The van der Waals surface area contributed by atoms with E-state index in [-0.39, 0.29) is 5.16 Å². The number of aryl methyl sites for hydroxylation is 1. The molecule has 0 unspecified atom stereocenters. The van der Waals surface area contributed by atoms with Crippen LogP contribution in [0.5, 0.6) is 0 Å². The molecule has 2 rings (SSSR count). The van der Waals surface area contributed by atoms with Crippen molar-refractivity contribution in [3.63, 3.8) is 0 Å². The Hall–Kier alpha value is -1.82. The molecular weight excluding hydrogens is 226 g/mol. The number of aromatic nitrogens is 2. The Labute approximate surface area is 93.6 Å². The Morgan fingerprint density at radius 3 is 2.50 bits per heavy atom. The van der Waals surface area contributed by atoms with Gasteiger partial charge in [0.05, 0.1) is 0 Å². The van der Waals surface area contributed by atoms with E-state index in [2.05, 4.69) is 14.7 Å². The minimum atomic E-state index is -3.60. The molecule has 0 fully saturated rings. The highest BCUT2D eigenvalue weighted by Gasteiger charge is 2.16. The van der Waals surface area contributed by atoms with E-state index in [1.165, 1.54) is 12.4 Å². The van der Waals surface area contributed by atoms with E-state index in [0.29, 0.717) is 5.69 Å². The third-order valence-electron chi connectivity index (χ3n) is 2.03. The van der Waals surface area contributed by atoms with Crippen molar-refractivity contribution in [1.29, 1.82) is 0 Å². The van der Waals surface area contributed by atoms with Crippen LogP contribution in [-0.2, 0) is 10.0 Å². The van der Waals surface area contributed by atoms with Crippen molar-refractivity contribution in [3.8, 4) is 0 Å². The van der Waals surface area contributed by atoms with Crippen molar-refractivity contribution in [1.82, 2.24) is 9.97 Å². The van der Waals surface area contributed by atoms with Crippen LogP contribution in [0.3, 0.4) is 0 Å². The van der Waals surface area contributed by atoms with Gasteiger partial charge in [0, 0.05) is 18.1 Å². The molecule has 0 amide bonds. The maximum absolute atomic E-state index is 11.7. The molecule has 0 radical (unpaired) electrons. The van der Waals surface area contributed by atoms with Crippen LogP contribution < -0.4 is 4.72 Å². The molecule has 5 nitrogen and oxygen atoms in total. The van der Waals surface area contributed by atoms with Gasteiger partial charge >= 0.3 is 0 Å². The zero-order chi connectivity index (χ0) is 11.6. The Kier molecular flexibility index (Phi) is 2.66. The van der Waals surface area contributed by atoms with Gasteiger partial charge in [-0.05, 0) is 19.1 Å². The first-order chi connectivity index (χ1) is 7.58. The number of hydrogen-bond acceptors (Lipinski definition) is 3. The van der Waals surface area contributed by atoms with Crippen molar-refractivity contribution >= 4 is 15.7 Å². The summed E-state index contributed by atoms with van der Waals surface area (Å²) in [5.41, 5.74) is 1.59. The minimum Gasteiger partial charge on any atom is -0.334 e. The van der Waals surface area contributed by atoms with E-state index in [9.17, 15) is 8.42 Å². The fourth-order valence-corrected chi connectivity index (χ4v) is 2.19. The summed E-state index contributed by atoms with van der Waals surface area (Å²) in [4.78, 5) is 6.24. The van der Waals surface area contributed by atoms with Crippen LogP contribution in [0.25, 0.3) is 0 Å². The molecule has 16 heavy (non-hydrogen) atoms. The molecule has 1 aromatic heterocycles. The zero-order valence-electron chi connectivity index (χ0n) is 8.64. The fourth-order valence-electron chi connectivity index (χ4n) is 1.22. The van der Waals surface area contributed by atoms with E-state index in [1.807, 2.05) is 19.1 Å². The van der Waals surface area contributed by atoms with Crippen molar-refractivity contribution < 1.29 is 8.42 Å². The number of nitrogens with zero attached hydrogens (tertiary/aromatic N) is 1. The molecule has 2 aromatic rings. The average molecular weight is 237 g/mol. The number of hydrogen-bond donors (Lipinski definition) is 2. The van der Waals surface area contributed by atoms with Gasteiger partial charge in [-0.3, -0.25) is 4.72 Å². The minimum absolute atomic E-state index is 0.0897. The summed E-state index contributed by atoms with van der Waals surface area (Å²) in [7, 11) is -3.60. The summed E-state index contributed by atoms with van der Waals surface area (Å²) in [5.74, 6) is 0. The van der Waals surface area contributed by atoms with Crippen LogP contribution >= 0.6 is 0 Å². The molecule has 0 bridgehead atoms. The molecule has 0 saturated heterocycles. The lowest BCUT2D eigenvalue weighted by molar-refractivity contribution is 0.594. The lowest BCUT2D eigenvalue weighted by atomic mass is 10.2. The highest BCUT2D eigenvalue weighted by Crippen LogP contribution is 2.13. The number of nitrogens with one attached hydrogen (secondary N) is 2. The number of benzene rings is 1. The first-order valence-corrected chi connectivity index (χ1v) is 6.15. The topological polar surface area (TPSA) is 74.8 Å². The summed E-state index contributed by atoms with van der Waals surface area (Å²) in [6.45, 7) is 1.94. The molecule has 0 aliphatic rings. The quantitative estimate of drug-likeness (QED) is 0.849. The second-order valence-corrected chi connectivity index (χ2v) is 4.96. The number of sulfonamides is 1. The van der Waals surface area contributed by atoms with Gasteiger partial charge in [0.2, 0.25) is 5.16 Å². The maximum Gasteiger partial charge on any atom is 0.295 e. The van der Waals surface area contributed by atoms with E-state index in [1.54, 1.807) is 12.1 Å². The lowest BCUT2D eigenvalue weighted by Crippen LogP contribution is -2.14. The molecule has 1 heterocycles. The van der Waals surface area contributed by atoms with Crippen molar-refractivity contribution in [2.75, 3.05) is 4.72 Å².